The normalized spacial score (nSPS) is 18.2. The highest BCUT2D eigenvalue weighted by molar-refractivity contribution is 9.10. The first-order chi connectivity index (χ1) is 6.65. The molecule has 0 saturated heterocycles. The van der Waals surface area contributed by atoms with E-state index in [0.29, 0.717) is 5.54 Å². The molecule has 1 fully saturated rings. The fourth-order valence-corrected chi connectivity index (χ4v) is 2.46. The van der Waals surface area contributed by atoms with Crippen LogP contribution >= 0.6 is 15.9 Å². The topological polar surface area (TPSA) is 12.0 Å². The monoisotopic (exact) mass is 253 g/mol. The van der Waals surface area contributed by atoms with Gasteiger partial charge in [0, 0.05) is 10.0 Å². The molecule has 0 radical (unpaired) electrons. The Kier molecular flexibility index (Phi) is 2.67. The van der Waals surface area contributed by atoms with Crippen molar-refractivity contribution >= 4 is 15.9 Å². The number of likely N-dealkylation sites (N-methyl/N-ethyl adjacent to an activating group) is 1. The van der Waals surface area contributed by atoms with Gasteiger partial charge in [0.25, 0.3) is 0 Å². The minimum absolute atomic E-state index is 0.401. The molecule has 0 atom stereocenters. The van der Waals surface area contributed by atoms with Crippen LogP contribution in [0.3, 0.4) is 0 Å². The van der Waals surface area contributed by atoms with Gasteiger partial charge in [-0.2, -0.15) is 0 Å². The van der Waals surface area contributed by atoms with E-state index in [9.17, 15) is 0 Å². The number of nitrogens with one attached hydrogen (secondary N) is 1. The predicted molar refractivity (Wildman–Crippen MR) is 63.6 cm³/mol. The maximum atomic E-state index is 3.63. The molecule has 0 heterocycles. The molecular formula is C12H16BrN. The van der Waals surface area contributed by atoms with Crippen molar-refractivity contribution in [1.29, 1.82) is 0 Å². The summed E-state index contributed by atoms with van der Waals surface area (Å²) in [6.07, 6.45) is 3.76. The lowest BCUT2D eigenvalue weighted by Gasteiger charge is -2.15. The average Bonchev–Trinajstić information content (AvgIpc) is 2.91. The van der Waals surface area contributed by atoms with Crippen molar-refractivity contribution in [2.24, 2.45) is 0 Å². The Labute approximate surface area is 94.0 Å². The van der Waals surface area contributed by atoms with Crippen LogP contribution in [-0.4, -0.2) is 12.6 Å². The average molecular weight is 254 g/mol. The smallest absolute Gasteiger partial charge is 0.0220 e. The summed E-state index contributed by atoms with van der Waals surface area (Å²) in [4.78, 5) is 0. The molecule has 1 aliphatic carbocycles. The van der Waals surface area contributed by atoms with Gasteiger partial charge in [0.1, 0.15) is 0 Å². The van der Waals surface area contributed by atoms with Crippen molar-refractivity contribution in [3.8, 4) is 0 Å². The van der Waals surface area contributed by atoms with Gasteiger partial charge >= 0.3 is 0 Å². The Hall–Kier alpha value is -0.340. The van der Waals surface area contributed by atoms with Gasteiger partial charge in [0.2, 0.25) is 0 Å². The molecular weight excluding hydrogens is 238 g/mol. The first-order valence-corrected chi connectivity index (χ1v) is 5.88. The third-order valence-electron chi connectivity index (χ3n) is 3.12. The van der Waals surface area contributed by atoms with E-state index in [2.05, 4.69) is 53.4 Å². The summed E-state index contributed by atoms with van der Waals surface area (Å²) in [5.41, 5.74) is 3.13. The van der Waals surface area contributed by atoms with Crippen molar-refractivity contribution in [2.75, 3.05) is 7.05 Å². The second-order valence-corrected chi connectivity index (χ2v) is 5.16. The van der Waals surface area contributed by atoms with Gasteiger partial charge in [-0.3, -0.25) is 0 Å². The van der Waals surface area contributed by atoms with Crippen LogP contribution in [0.1, 0.15) is 24.0 Å². The van der Waals surface area contributed by atoms with Crippen molar-refractivity contribution in [3.63, 3.8) is 0 Å². The predicted octanol–water partition coefficient (Wildman–Crippen LogP) is 3.05. The molecule has 1 aromatic rings. The molecule has 0 unspecified atom stereocenters. The van der Waals surface area contributed by atoms with Crippen molar-refractivity contribution in [2.45, 2.75) is 31.7 Å². The molecule has 2 rings (SSSR count). The quantitative estimate of drug-likeness (QED) is 0.874. The van der Waals surface area contributed by atoms with Crippen LogP contribution in [0.25, 0.3) is 0 Å². The summed E-state index contributed by atoms with van der Waals surface area (Å²) in [5.74, 6) is 0. The van der Waals surface area contributed by atoms with E-state index in [-0.39, 0.29) is 0 Å². The van der Waals surface area contributed by atoms with Gasteiger partial charge in [-0.05, 0) is 50.4 Å². The lowest BCUT2D eigenvalue weighted by atomic mass is 10.0. The van der Waals surface area contributed by atoms with Gasteiger partial charge in [-0.1, -0.05) is 28.1 Å². The molecule has 0 aliphatic heterocycles. The highest BCUT2D eigenvalue weighted by Crippen LogP contribution is 2.39. The molecule has 14 heavy (non-hydrogen) atoms. The van der Waals surface area contributed by atoms with E-state index in [1.54, 1.807) is 0 Å². The van der Waals surface area contributed by atoms with E-state index in [1.807, 2.05) is 0 Å². The van der Waals surface area contributed by atoms with E-state index >= 15 is 0 Å². The van der Waals surface area contributed by atoms with E-state index < -0.39 is 0 Å². The Morgan fingerprint density at radius 2 is 2.14 bits per heavy atom. The molecule has 0 amide bonds. The number of aryl methyl sites for hydroxylation is 1. The minimum Gasteiger partial charge on any atom is -0.314 e. The Morgan fingerprint density at radius 1 is 1.43 bits per heavy atom. The second kappa shape index (κ2) is 3.67. The van der Waals surface area contributed by atoms with Gasteiger partial charge in [0.05, 0.1) is 0 Å². The zero-order valence-electron chi connectivity index (χ0n) is 8.73. The molecule has 76 valence electrons. The molecule has 0 aromatic heterocycles. The van der Waals surface area contributed by atoms with Crippen LogP contribution in [0.15, 0.2) is 22.7 Å². The summed E-state index contributed by atoms with van der Waals surface area (Å²) < 4.78 is 1.25. The van der Waals surface area contributed by atoms with Crippen LogP contribution < -0.4 is 5.32 Å². The molecule has 1 saturated carbocycles. The van der Waals surface area contributed by atoms with Crippen molar-refractivity contribution in [1.82, 2.24) is 5.32 Å². The zero-order chi connectivity index (χ0) is 10.2. The number of rotatable bonds is 3. The molecule has 2 heteroatoms. The van der Waals surface area contributed by atoms with Gasteiger partial charge in [-0.15, -0.1) is 0 Å². The van der Waals surface area contributed by atoms with Crippen LogP contribution in [0, 0.1) is 6.92 Å². The second-order valence-electron chi connectivity index (χ2n) is 4.30. The molecule has 1 aromatic carbocycles. The van der Waals surface area contributed by atoms with E-state index in [0.717, 1.165) is 6.42 Å². The lowest BCUT2D eigenvalue weighted by molar-refractivity contribution is 0.548. The fourth-order valence-electron chi connectivity index (χ4n) is 1.83. The van der Waals surface area contributed by atoms with Gasteiger partial charge < -0.3 is 5.32 Å². The summed E-state index contributed by atoms with van der Waals surface area (Å²) in [7, 11) is 2.06. The van der Waals surface area contributed by atoms with Gasteiger partial charge in [0.15, 0.2) is 0 Å². The Morgan fingerprint density at radius 3 is 2.64 bits per heavy atom. The molecule has 1 N–H and O–H groups in total. The number of hydrogen-bond acceptors (Lipinski definition) is 1. The highest BCUT2D eigenvalue weighted by Gasteiger charge is 2.40. The van der Waals surface area contributed by atoms with Crippen LogP contribution in [0.5, 0.6) is 0 Å². The summed E-state index contributed by atoms with van der Waals surface area (Å²) in [5, 5.41) is 3.42. The maximum Gasteiger partial charge on any atom is 0.0220 e. The molecule has 0 spiro atoms. The highest BCUT2D eigenvalue weighted by atomic mass is 79.9. The molecule has 1 aliphatic rings. The first kappa shape index (κ1) is 10.2. The summed E-state index contributed by atoms with van der Waals surface area (Å²) in [6.45, 7) is 2.12. The first-order valence-electron chi connectivity index (χ1n) is 5.09. The van der Waals surface area contributed by atoms with Crippen LogP contribution in [-0.2, 0) is 6.42 Å². The fraction of sp³-hybridized carbons (Fsp3) is 0.500. The van der Waals surface area contributed by atoms with Crippen molar-refractivity contribution in [3.05, 3.63) is 33.8 Å². The largest absolute Gasteiger partial charge is 0.314 e. The summed E-state index contributed by atoms with van der Waals surface area (Å²) >= 11 is 3.63. The molecule has 1 nitrogen and oxygen atoms in total. The third kappa shape index (κ3) is 2.01. The van der Waals surface area contributed by atoms with Crippen LogP contribution in [0.2, 0.25) is 0 Å². The van der Waals surface area contributed by atoms with E-state index in [1.165, 1.54) is 28.4 Å². The lowest BCUT2D eigenvalue weighted by Crippen LogP contribution is -2.29. The SMILES string of the molecule is CNC1(Cc2ccc(C)cc2Br)CC1. The number of benzene rings is 1. The summed E-state index contributed by atoms with van der Waals surface area (Å²) in [6, 6.07) is 6.61. The zero-order valence-corrected chi connectivity index (χ0v) is 10.3. The molecule has 0 bridgehead atoms. The third-order valence-corrected chi connectivity index (χ3v) is 3.86. The Balaban J connectivity index is 2.17. The minimum atomic E-state index is 0.401. The van der Waals surface area contributed by atoms with Crippen LogP contribution in [0.4, 0.5) is 0 Å². The van der Waals surface area contributed by atoms with Crippen molar-refractivity contribution < 1.29 is 0 Å². The van der Waals surface area contributed by atoms with E-state index in [4.69, 9.17) is 0 Å². The number of halogens is 1. The maximum absolute atomic E-state index is 3.63. The standard InChI is InChI=1S/C12H16BrN/c1-9-3-4-10(11(13)7-9)8-12(14-2)5-6-12/h3-4,7,14H,5-6,8H2,1-2H3. The Bertz CT molecular complexity index is 342. The number of hydrogen-bond donors (Lipinski definition) is 1. The van der Waals surface area contributed by atoms with Gasteiger partial charge in [-0.25, -0.2) is 0 Å².